The van der Waals surface area contributed by atoms with Gasteiger partial charge in [-0.3, -0.25) is 4.98 Å². The van der Waals surface area contributed by atoms with E-state index in [9.17, 15) is 13.2 Å². The van der Waals surface area contributed by atoms with Crippen LogP contribution >= 0.6 is 0 Å². The normalized spacial score (nSPS) is 13.2. The van der Waals surface area contributed by atoms with Gasteiger partial charge in [0.2, 0.25) is 0 Å². The second-order valence-electron chi connectivity index (χ2n) is 4.53. The highest BCUT2D eigenvalue weighted by atomic mass is 19.4. The number of benzene rings is 1. The Morgan fingerprint density at radius 3 is 2.60 bits per heavy atom. The van der Waals surface area contributed by atoms with E-state index in [0.29, 0.717) is 12.0 Å². The van der Waals surface area contributed by atoms with Crippen molar-refractivity contribution < 1.29 is 13.2 Å². The van der Waals surface area contributed by atoms with E-state index in [1.165, 1.54) is 12.1 Å². The van der Waals surface area contributed by atoms with Gasteiger partial charge in [0.25, 0.3) is 0 Å². The Morgan fingerprint density at radius 2 is 2.00 bits per heavy atom. The Morgan fingerprint density at radius 1 is 1.20 bits per heavy atom. The topological polar surface area (TPSA) is 24.9 Å². The summed E-state index contributed by atoms with van der Waals surface area (Å²) >= 11 is 0. The lowest BCUT2D eigenvalue weighted by Crippen LogP contribution is -2.19. The molecule has 0 bridgehead atoms. The molecule has 1 unspecified atom stereocenters. The van der Waals surface area contributed by atoms with Crippen LogP contribution in [-0.4, -0.2) is 12.0 Å². The molecule has 1 N–H and O–H groups in total. The highest BCUT2D eigenvalue weighted by molar-refractivity contribution is 5.29. The van der Waals surface area contributed by atoms with Gasteiger partial charge in [-0.1, -0.05) is 18.2 Å². The number of pyridine rings is 1. The molecule has 0 aliphatic rings. The molecule has 0 saturated heterocycles. The number of aromatic nitrogens is 1. The lowest BCUT2D eigenvalue weighted by atomic mass is 9.98. The van der Waals surface area contributed by atoms with Crippen molar-refractivity contribution in [3.8, 4) is 0 Å². The van der Waals surface area contributed by atoms with Crippen LogP contribution in [0.15, 0.2) is 48.8 Å². The largest absolute Gasteiger partial charge is 0.416 e. The molecule has 0 saturated carbocycles. The van der Waals surface area contributed by atoms with Crippen molar-refractivity contribution >= 4 is 0 Å². The Labute approximate surface area is 115 Å². The van der Waals surface area contributed by atoms with E-state index in [0.717, 1.165) is 11.6 Å². The molecule has 0 amide bonds. The van der Waals surface area contributed by atoms with Crippen LogP contribution in [0.25, 0.3) is 0 Å². The summed E-state index contributed by atoms with van der Waals surface area (Å²) in [5.41, 5.74) is 0.969. The van der Waals surface area contributed by atoms with Gasteiger partial charge in [0.15, 0.2) is 0 Å². The summed E-state index contributed by atoms with van der Waals surface area (Å²) in [6.07, 6.45) is -0.339. The van der Waals surface area contributed by atoms with Crippen LogP contribution in [0.3, 0.4) is 0 Å². The maximum absolute atomic E-state index is 12.7. The Balaban J connectivity index is 2.24. The summed E-state index contributed by atoms with van der Waals surface area (Å²) in [5, 5.41) is 3.05. The number of nitrogens with one attached hydrogen (secondary N) is 1. The number of likely N-dealkylation sites (N-methyl/N-ethyl adjacent to an activating group) is 1. The first-order chi connectivity index (χ1) is 9.50. The van der Waals surface area contributed by atoms with Crippen molar-refractivity contribution in [3.63, 3.8) is 0 Å². The fourth-order valence-corrected chi connectivity index (χ4v) is 2.07. The molecule has 0 aliphatic carbocycles. The molecular weight excluding hydrogens is 265 g/mol. The van der Waals surface area contributed by atoms with Crippen LogP contribution < -0.4 is 5.32 Å². The van der Waals surface area contributed by atoms with E-state index in [1.54, 1.807) is 25.5 Å². The fraction of sp³-hybridized carbons (Fsp3) is 0.267. The molecule has 20 heavy (non-hydrogen) atoms. The quantitative estimate of drug-likeness (QED) is 0.925. The van der Waals surface area contributed by atoms with Crippen molar-refractivity contribution in [2.75, 3.05) is 7.05 Å². The molecule has 1 aromatic heterocycles. The van der Waals surface area contributed by atoms with Crippen molar-refractivity contribution in [2.45, 2.75) is 18.6 Å². The second kappa shape index (κ2) is 6.05. The fourth-order valence-electron chi connectivity index (χ4n) is 2.07. The second-order valence-corrected chi connectivity index (χ2v) is 4.53. The number of hydrogen-bond donors (Lipinski definition) is 1. The molecule has 2 nitrogen and oxygen atoms in total. The SMILES string of the molecule is CNC(Cc1cccnc1)c1cccc(C(F)(F)F)c1. The Bertz CT molecular complexity index is 553. The van der Waals surface area contributed by atoms with Gasteiger partial charge < -0.3 is 5.32 Å². The molecule has 1 heterocycles. The van der Waals surface area contributed by atoms with E-state index in [4.69, 9.17) is 0 Å². The van der Waals surface area contributed by atoms with E-state index in [1.807, 2.05) is 12.1 Å². The van der Waals surface area contributed by atoms with Gasteiger partial charge in [0, 0.05) is 18.4 Å². The summed E-state index contributed by atoms with van der Waals surface area (Å²) in [6.45, 7) is 0. The van der Waals surface area contributed by atoms with Gasteiger partial charge >= 0.3 is 6.18 Å². The standard InChI is InChI=1S/C15H15F3N2/c1-19-14(8-11-4-3-7-20-10-11)12-5-2-6-13(9-12)15(16,17)18/h2-7,9-10,14,19H,8H2,1H3. The minimum absolute atomic E-state index is 0.179. The molecule has 0 aliphatic heterocycles. The minimum Gasteiger partial charge on any atom is -0.313 e. The first-order valence-corrected chi connectivity index (χ1v) is 6.24. The third-order valence-corrected chi connectivity index (χ3v) is 3.13. The summed E-state index contributed by atoms with van der Waals surface area (Å²) in [7, 11) is 1.74. The van der Waals surface area contributed by atoms with E-state index < -0.39 is 11.7 Å². The van der Waals surface area contributed by atoms with E-state index >= 15 is 0 Å². The molecule has 5 heteroatoms. The highest BCUT2D eigenvalue weighted by Gasteiger charge is 2.30. The van der Waals surface area contributed by atoms with Crippen LogP contribution in [0.1, 0.15) is 22.7 Å². The molecule has 0 fully saturated rings. The summed E-state index contributed by atoms with van der Waals surface area (Å²) in [6, 6.07) is 8.96. The average Bonchev–Trinajstić information content (AvgIpc) is 2.45. The molecule has 0 radical (unpaired) electrons. The zero-order chi connectivity index (χ0) is 14.6. The van der Waals surface area contributed by atoms with Crippen LogP contribution in [0, 0.1) is 0 Å². The van der Waals surface area contributed by atoms with Crippen LogP contribution in [-0.2, 0) is 12.6 Å². The van der Waals surface area contributed by atoms with Crippen molar-refractivity contribution in [2.24, 2.45) is 0 Å². The summed E-state index contributed by atoms with van der Waals surface area (Å²) < 4.78 is 38.2. The average molecular weight is 280 g/mol. The highest BCUT2D eigenvalue weighted by Crippen LogP contribution is 2.31. The third-order valence-electron chi connectivity index (χ3n) is 3.13. The molecule has 106 valence electrons. The van der Waals surface area contributed by atoms with Gasteiger partial charge in [-0.15, -0.1) is 0 Å². The van der Waals surface area contributed by atoms with E-state index in [-0.39, 0.29) is 6.04 Å². The maximum Gasteiger partial charge on any atom is 0.416 e. The first kappa shape index (κ1) is 14.5. The van der Waals surface area contributed by atoms with E-state index in [2.05, 4.69) is 10.3 Å². The zero-order valence-electron chi connectivity index (χ0n) is 11.0. The smallest absolute Gasteiger partial charge is 0.313 e. The first-order valence-electron chi connectivity index (χ1n) is 6.24. The number of hydrogen-bond acceptors (Lipinski definition) is 2. The Kier molecular flexibility index (Phi) is 4.39. The van der Waals surface area contributed by atoms with Gasteiger partial charge in [0.1, 0.15) is 0 Å². The number of rotatable bonds is 4. The minimum atomic E-state index is -4.32. The third kappa shape index (κ3) is 3.57. The summed E-state index contributed by atoms with van der Waals surface area (Å²) in [5.74, 6) is 0. The molecule has 0 spiro atoms. The van der Waals surface area contributed by atoms with Crippen LogP contribution in [0.4, 0.5) is 13.2 Å². The Hall–Kier alpha value is -1.88. The molecule has 2 rings (SSSR count). The molecular formula is C15H15F3N2. The maximum atomic E-state index is 12.7. The lowest BCUT2D eigenvalue weighted by Gasteiger charge is -2.18. The van der Waals surface area contributed by atoms with Crippen LogP contribution in [0.5, 0.6) is 0 Å². The predicted octanol–water partition coefficient (Wildman–Crippen LogP) is 3.60. The van der Waals surface area contributed by atoms with Crippen molar-refractivity contribution in [3.05, 3.63) is 65.5 Å². The molecule has 1 aromatic carbocycles. The predicted molar refractivity (Wildman–Crippen MR) is 71.2 cm³/mol. The monoisotopic (exact) mass is 280 g/mol. The van der Waals surface area contributed by atoms with Crippen LogP contribution in [0.2, 0.25) is 0 Å². The molecule has 1 atom stereocenters. The van der Waals surface area contributed by atoms with Crippen molar-refractivity contribution in [1.29, 1.82) is 0 Å². The number of alkyl halides is 3. The zero-order valence-corrected chi connectivity index (χ0v) is 11.0. The number of halogens is 3. The van der Waals surface area contributed by atoms with Crippen molar-refractivity contribution in [1.82, 2.24) is 10.3 Å². The molecule has 2 aromatic rings. The lowest BCUT2D eigenvalue weighted by molar-refractivity contribution is -0.137. The summed E-state index contributed by atoms with van der Waals surface area (Å²) in [4.78, 5) is 4.01. The van der Waals surface area contributed by atoms with Gasteiger partial charge in [-0.2, -0.15) is 13.2 Å². The van der Waals surface area contributed by atoms with Gasteiger partial charge in [-0.25, -0.2) is 0 Å². The van der Waals surface area contributed by atoms with Gasteiger partial charge in [0.05, 0.1) is 5.56 Å². The van der Waals surface area contributed by atoms with Gasteiger partial charge in [-0.05, 0) is 42.8 Å². The number of nitrogens with zero attached hydrogens (tertiary/aromatic N) is 1.